The number of nitro groups is 1. The Hall–Kier alpha value is -2.15. The first-order valence-electron chi connectivity index (χ1n) is 6.68. The average molecular weight is 279 g/mol. The molecule has 7 heteroatoms. The van der Waals surface area contributed by atoms with E-state index in [9.17, 15) is 14.9 Å². The summed E-state index contributed by atoms with van der Waals surface area (Å²) in [6, 6.07) is 5.78. The fraction of sp³-hybridized carbons (Fsp3) is 0.462. The van der Waals surface area contributed by atoms with E-state index in [0.717, 1.165) is 25.9 Å². The van der Waals surface area contributed by atoms with Crippen molar-refractivity contribution in [3.8, 4) is 0 Å². The highest BCUT2D eigenvalue weighted by Gasteiger charge is 2.20. The van der Waals surface area contributed by atoms with Gasteiger partial charge >= 0.3 is 6.03 Å². The number of carbonyl (C=O) groups is 1. The van der Waals surface area contributed by atoms with Crippen molar-refractivity contribution in [3.63, 3.8) is 0 Å². The van der Waals surface area contributed by atoms with Crippen LogP contribution in [-0.2, 0) is 0 Å². The lowest BCUT2D eigenvalue weighted by atomic mass is 10.1. The second kappa shape index (κ2) is 6.33. The molecule has 1 aromatic rings. The number of quaternary nitrogens is 1. The van der Waals surface area contributed by atoms with E-state index < -0.39 is 4.92 Å². The largest absolute Gasteiger partial charge is 0.337 e. The summed E-state index contributed by atoms with van der Waals surface area (Å²) < 4.78 is 0. The Balaban J connectivity index is 1.88. The van der Waals surface area contributed by atoms with Crippen LogP contribution in [0.15, 0.2) is 24.3 Å². The van der Waals surface area contributed by atoms with Crippen LogP contribution in [0.25, 0.3) is 0 Å². The molecule has 2 rings (SSSR count). The number of rotatable bonds is 3. The second-order valence-corrected chi connectivity index (χ2v) is 5.14. The van der Waals surface area contributed by atoms with Gasteiger partial charge in [-0.05, 0) is 6.07 Å². The summed E-state index contributed by atoms with van der Waals surface area (Å²) in [5, 5.41) is 16.2. The molecule has 0 unspecified atom stereocenters. The van der Waals surface area contributed by atoms with Crippen molar-refractivity contribution in [2.24, 2.45) is 0 Å². The van der Waals surface area contributed by atoms with Gasteiger partial charge in [-0.15, -0.1) is 0 Å². The van der Waals surface area contributed by atoms with Gasteiger partial charge in [-0.25, -0.2) is 4.79 Å². The predicted octanol–water partition coefficient (Wildman–Crippen LogP) is 0.393. The van der Waals surface area contributed by atoms with Gasteiger partial charge in [0.1, 0.15) is 0 Å². The third-order valence-corrected chi connectivity index (χ3v) is 3.49. The van der Waals surface area contributed by atoms with Crippen LogP contribution in [0.3, 0.4) is 0 Å². The number of nitrogens with one attached hydrogen (secondary N) is 3. The Labute approximate surface area is 117 Å². The number of anilines is 1. The summed E-state index contributed by atoms with van der Waals surface area (Å²) in [6.45, 7) is 2.09. The molecule has 1 heterocycles. The summed E-state index contributed by atoms with van der Waals surface area (Å²) in [5.41, 5.74) is 0.390. The van der Waals surface area contributed by atoms with E-state index in [4.69, 9.17) is 0 Å². The molecule has 0 aromatic heterocycles. The number of nitro benzene ring substituents is 1. The molecule has 0 bridgehead atoms. The first kappa shape index (κ1) is 14.3. The maximum atomic E-state index is 11.8. The van der Waals surface area contributed by atoms with E-state index in [-0.39, 0.29) is 17.8 Å². The molecule has 1 aliphatic heterocycles. The molecular weight excluding hydrogens is 260 g/mol. The van der Waals surface area contributed by atoms with E-state index >= 15 is 0 Å². The monoisotopic (exact) mass is 279 g/mol. The minimum Gasteiger partial charge on any atom is -0.337 e. The van der Waals surface area contributed by atoms with Crippen LogP contribution in [0.4, 0.5) is 16.2 Å². The molecule has 7 nitrogen and oxygen atoms in total. The molecule has 1 aromatic carbocycles. The van der Waals surface area contributed by atoms with Crippen LogP contribution in [0.5, 0.6) is 0 Å². The second-order valence-electron chi connectivity index (χ2n) is 5.14. The highest BCUT2D eigenvalue weighted by Crippen LogP contribution is 2.16. The van der Waals surface area contributed by atoms with Crippen molar-refractivity contribution < 1.29 is 14.6 Å². The number of non-ortho nitro benzene ring substituents is 1. The zero-order chi connectivity index (χ0) is 14.5. The third-order valence-electron chi connectivity index (χ3n) is 3.49. The van der Waals surface area contributed by atoms with Crippen LogP contribution >= 0.6 is 0 Å². The molecule has 108 valence electrons. The van der Waals surface area contributed by atoms with Gasteiger partial charge in [0.15, 0.2) is 0 Å². The zero-order valence-corrected chi connectivity index (χ0v) is 11.4. The molecule has 20 heavy (non-hydrogen) atoms. The van der Waals surface area contributed by atoms with Gasteiger partial charge in [-0.3, -0.25) is 10.1 Å². The van der Waals surface area contributed by atoms with E-state index in [1.807, 2.05) is 0 Å². The first-order chi connectivity index (χ1) is 9.54. The molecule has 1 aliphatic rings. The van der Waals surface area contributed by atoms with E-state index in [1.54, 1.807) is 12.1 Å². The predicted molar refractivity (Wildman–Crippen MR) is 74.9 cm³/mol. The van der Waals surface area contributed by atoms with E-state index in [1.165, 1.54) is 17.0 Å². The van der Waals surface area contributed by atoms with Crippen molar-refractivity contribution in [3.05, 3.63) is 34.4 Å². The van der Waals surface area contributed by atoms with Crippen molar-refractivity contribution in [1.29, 1.82) is 0 Å². The summed E-state index contributed by atoms with van der Waals surface area (Å²) in [4.78, 5) is 23.5. The maximum Gasteiger partial charge on any atom is 0.319 e. The lowest BCUT2D eigenvalue weighted by Gasteiger charge is -2.27. The molecule has 0 spiro atoms. The highest BCUT2D eigenvalue weighted by atomic mass is 16.6. The lowest BCUT2D eigenvalue weighted by Crippen LogP contribution is -3.10. The Morgan fingerprint density at radius 2 is 2.10 bits per heavy atom. The maximum absolute atomic E-state index is 11.8. The van der Waals surface area contributed by atoms with Crippen LogP contribution in [0, 0.1) is 10.1 Å². The zero-order valence-electron chi connectivity index (χ0n) is 11.4. The quantitative estimate of drug-likeness (QED) is 0.552. The number of piperidine rings is 1. The molecule has 1 fully saturated rings. The minimum atomic E-state index is -0.483. The van der Waals surface area contributed by atoms with E-state index in [0.29, 0.717) is 5.69 Å². The Bertz CT molecular complexity index is 498. The molecule has 0 aliphatic carbocycles. The molecule has 3 N–H and O–H groups in total. The van der Waals surface area contributed by atoms with Crippen LogP contribution in [0.1, 0.15) is 12.8 Å². The standard InChI is InChI=1S/C13H18N4O3/c1-16-7-5-10(6-8-16)14-13(18)15-11-3-2-4-12(9-11)17(19)20/h2-4,9-10H,5-8H2,1H3,(H2,14,15,18)/p+1. The fourth-order valence-corrected chi connectivity index (χ4v) is 2.30. The number of hydrogen-bond donors (Lipinski definition) is 3. The molecule has 0 radical (unpaired) electrons. The minimum absolute atomic E-state index is 0.0364. The summed E-state index contributed by atoms with van der Waals surface area (Å²) in [5.74, 6) is 0. The molecule has 0 atom stereocenters. The van der Waals surface area contributed by atoms with Crippen molar-refractivity contribution in [1.82, 2.24) is 5.32 Å². The summed E-state index contributed by atoms with van der Waals surface area (Å²) in [7, 11) is 2.14. The van der Waals surface area contributed by atoms with Gasteiger partial charge < -0.3 is 15.5 Å². The van der Waals surface area contributed by atoms with Crippen LogP contribution < -0.4 is 15.5 Å². The van der Waals surface area contributed by atoms with Gasteiger partial charge in [-0.1, -0.05) is 6.07 Å². The smallest absolute Gasteiger partial charge is 0.319 e. The fourth-order valence-electron chi connectivity index (χ4n) is 2.30. The topological polar surface area (TPSA) is 88.7 Å². The number of benzene rings is 1. The molecular formula is C13H19N4O3+. The number of urea groups is 1. The number of carbonyl (C=O) groups excluding carboxylic acids is 1. The van der Waals surface area contributed by atoms with Crippen LogP contribution in [-0.4, -0.2) is 37.1 Å². The molecule has 1 saturated heterocycles. The Morgan fingerprint density at radius 1 is 1.40 bits per heavy atom. The van der Waals surface area contributed by atoms with Gasteiger partial charge in [0.25, 0.3) is 5.69 Å². The SMILES string of the molecule is C[NH+]1CCC(NC(=O)Nc2cccc([N+](=O)[O-])c2)CC1. The van der Waals surface area contributed by atoms with Crippen molar-refractivity contribution in [2.75, 3.05) is 25.5 Å². The highest BCUT2D eigenvalue weighted by molar-refractivity contribution is 5.89. The van der Waals surface area contributed by atoms with Crippen molar-refractivity contribution >= 4 is 17.4 Å². The summed E-state index contributed by atoms with van der Waals surface area (Å²) >= 11 is 0. The van der Waals surface area contributed by atoms with E-state index in [2.05, 4.69) is 17.7 Å². The summed E-state index contributed by atoms with van der Waals surface area (Å²) in [6.07, 6.45) is 1.91. The number of likely N-dealkylation sites (tertiary alicyclic amines) is 1. The Morgan fingerprint density at radius 3 is 2.75 bits per heavy atom. The molecule has 2 amide bonds. The van der Waals surface area contributed by atoms with Gasteiger partial charge in [0.05, 0.1) is 25.1 Å². The van der Waals surface area contributed by atoms with Crippen molar-refractivity contribution in [2.45, 2.75) is 18.9 Å². The molecule has 0 saturated carbocycles. The third kappa shape index (κ3) is 3.92. The average Bonchev–Trinajstić information content (AvgIpc) is 2.41. The number of amides is 2. The number of hydrogen-bond acceptors (Lipinski definition) is 3. The number of nitrogens with zero attached hydrogens (tertiary/aromatic N) is 1. The van der Waals surface area contributed by atoms with Gasteiger partial charge in [0, 0.05) is 36.7 Å². The normalized spacial score (nSPS) is 22.1. The van der Waals surface area contributed by atoms with Crippen LogP contribution in [0.2, 0.25) is 0 Å². The van der Waals surface area contributed by atoms with Gasteiger partial charge in [0.2, 0.25) is 0 Å². The van der Waals surface area contributed by atoms with Gasteiger partial charge in [-0.2, -0.15) is 0 Å². The Kier molecular flexibility index (Phi) is 4.52. The lowest BCUT2D eigenvalue weighted by molar-refractivity contribution is -0.884. The first-order valence-corrected chi connectivity index (χ1v) is 6.68.